The Balaban J connectivity index is 1.67. The molecule has 0 bridgehead atoms. The summed E-state index contributed by atoms with van der Waals surface area (Å²) in [5.74, 6) is 1.43. The van der Waals surface area contributed by atoms with Gasteiger partial charge in [0.1, 0.15) is 0 Å². The van der Waals surface area contributed by atoms with Gasteiger partial charge in [0.2, 0.25) is 0 Å². The predicted octanol–water partition coefficient (Wildman–Crippen LogP) is 3.59. The molecule has 2 aromatic rings. The van der Waals surface area contributed by atoms with E-state index in [1.54, 1.807) is 14.2 Å². The smallest absolute Gasteiger partial charge is 0.317 e. The first-order chi connectivity index (χ1) is 12.5. The van der Waals surface area contributed by atoms with Crippen molar-refractivity contribution in [1.29, 1.82) is 0 Å². The summed E-state index contributed by atoms with van der Waals surface area (Å²) in [5, 5.41) is 3.04. The Hall–Kier alpha value is -2.69. The number of urea groups is 1. The van der Waals surface area contributed by atoms with Gasteiger partial charge in [-0.05, 0) is 54.7 Å². The number of hydrogen-bond acceptors (Lipinski definition) is 3. The maximum Gasteiger partial charge on any atom is 0.317 e. The lowest BCUT2D eigenvalue weighted by atomic mass is 9.99. The molecule has 1 aliphatic heterocycles. The SMILES string of the molecule is COc1cc2c(cc1OC)CN(C(=O)NCc1ccc(C)cc1C)CC2. The van der Waals surface area contributed by atoms with E-state index < -0.39 is 0 Å². The number of carbonyl (C=O) groups excluding carboxylic acids is 1. The molecule has 0 radical (unpaired) electrons. The predicted molar refractivity (Wildman–Crippen MR) is 102 cm³/mol. The molecule has 5 nitrogen and oxygen atoms in total. The molecule has 0 saturated carbocycles. The van der Waals surface area contributed by atoms with Gasteiger partial charge in [0.05, 0.1) is 14.2 Å². The zero-order valence-electron chi connectivity index (χ0n) is 15.9. The molecule has 1 aliphatic rings. The Morgan fingerprint density at radius 1 is 1.08 bits per heavy atom. The maximum atomic E-state index is 12.6. The molecule has 1 N–H and O–H groups in total. The quantitative estimate of drug-likeness (QED) is 0.913. The molecule has 0 spiro atoms. The highest BCUT2D eigenvalue weighted by atomic mass is 16.5. The third-order valence-corrected chi connectivity index (χ3v) is 4.93. The van der Waals surface area contributed by atoms with Crippen LogP contribution in [0, 0.1) is 13.8 Å². The molecule has 1 heterocycles. The molecule has 0 unspecified atom stereocenters. The summed E-state index contributed by atoms with van der Waals surface area (Å²) in [6, 6.07) is 10.2. The van der Waals surface area contributed by atoms with Crippen LogP contribution in [-0.2, 0) is 19.5 Å². The van der Waals surface area contributed by atoms with Crippen LogP contribution < -0.4 is 14.8 Å². The number of rotatable bonds is 4. The third-order valence-electron chi connectivity index (χ3n) is 4.93. The van der Waals surface area contributed by atoms with Crippen molar-refractivity contribution in [2.24, 2.45) is 0 Å². The van der Waals surface area contributed by atoms with Gasteiger partial charge < -0.3 is 19.7 Å². The van der Waals surface area contributed by atoms with Gasteiger partial charge in [0.25, 0.3) is 0 Å². The summed E-state index contributed by atoms with van der Waals surface area (Å²) in [4.78, 5) is 14.4. The Morgan fingerprint density at radius 3 is 2.42 bits per heavy atom. The average molecular weight is 354 g/mol. The molecule has 0 aliphatic carbocycles. The number of carbonyl (C=O) groups is 1. The van der Waals surface area contributed by atoms with Gasteiger partial charge in [0, 0.05) is 19.6 Å². The lowest BCUT2D eigenvalue weighted by Gasteiger charge is -2.29. The molecule has 3 rings (SSSR count). The molecule has 0 fully saturated rings. The van der Waals surface area contributed by atoms with Gasteiger partial charge in [-0.2, -0.15) is 0 Å². The van der Waals surface area contributed by atoms with Gasteiger partial charge in [-0.1, -0.05) is 23.8 Å². The fourth-order valence-corrected chi connectivity index (χ4v) is 3.38. The summed E-state index contributed by atoms with van der Waals surface area (Å²) >= 11 is 0. The second kappa shape index (κ2) is 7.68. The number of nitrogens with zero attached hydrogens (tertiary/aromatic N) is 1. The monoisotopic (exact) mass is 354 g/mol. The lowest BCUT2D eigenvalue weighted by Crippen LogP contribution is -2.42. The zero-order chi connectivity index (χ0) is 18.7. The Morgan fingerprint density at radius 2 is 1.77 bits per heavy atom. The van der Waals surface area contributed by atoms with E-state index >= 15 is 0 Å². The zero-order valence-corrected chi connectivity index (χ0v) is 15.9. The van der Waals surface area contributed by atoms with Crippen LogP contribution in [0.5, 0.6) is 11.5 Å². The minimum absolute atomic E-state index is 0.0367. The van der Waals surface area contributed by atoms with Gasteiger partial charge in [-0.25, -0.2) is 4.79 Å². The van der Waals surface area contributed by atoms with Gasteiger partial charge in [0.15, 0.2) is 11.5 Å². The van der Waals surface area contributed by atoms with Crippen LogP contribution >= 0.6 is 0 Å². The van der Waals surface area contributed by atoms with E-state index in [0.29, 0.717) is 25.4 Å². The molecule has 0 aromatic heterocycles. The number of fused-ring (bicyclic) bond motifs is 1. The van der Waals surface area contributed by atoms with E-state index in [0.717, 1.165) is 23.3 Å². The fourth-order valence-electron chi connectivity index (χ4n) is 3.38. The summed E-state index contributed by atoms with van der Waals surface area (Å²) in [6.07, 6.45) is 0.812. The number of nitrogens with one attached hydrogen (secondary N) is 1. The van der Waals surface area contributed by atoms with Crippen LogP contribution in [0.1, 0.15) is 27.8 Å². The van der Waals surface area contributed by atoms with Crippen molar-refractivity contribution >= 4 is 6.03 Å². The highest BCUT2D eigenvalue weighted by molar-refractivity contribution is 5.74. The topological polar surface area (TPSA) is 50.8 Å². The lowest BCUT2D eigenvalue weighted by molar-refractivity contribution is 0.191. The Bertz CT molecular complexity index is 817. The third kappa shape index (κ3) is 3.77. The van der Waals surface area contributed by atoms with Crippen LogP contribution in [0.15, 0.2) is 30.3 Å². The summed E-state index contributed by atoms with van der Waals surface area (Å²) in [6.45, 7) is 5.96. The van der Waals surface area contributed by atoms with Crippen LogP contribution in [0.25, 0.3) is 0 Å². The van der Waals surface area contributed by atoms with Crippen molar-refractivity contribution in [3.63, 3.8) is 0 Å². The Labute approximate surface area is 154 Å². The second-order valence-corrected chi connectivity index (χ2v) is 6.74. The number of ether oxygens (including phenoxy) is 2. The van der Waals surface area contributed by atoms with Crippen molar-refractivity contribution in [1.82, 2.24) is 10.2 Å². The highest BCUT2D eigenvalue weighted by Gasteiger charge is 2.22. The summed E-state index contributed by atoms with van der Waals surface area (Å²) in [7, 11) is 3.27. The van der Waals surface area contributed by atoms with Crippen molar-refractivity contribution in [2.45, 2.75) is 33.4 Å². The van der Waals surface area contributed by atoms with E-state index in [2.05, 4.69) is 37.4 Å². The van der Waals surface area contributed by atoms with Gasteiger partial charge in [-0.3, -0.25) is 0 Å². The van der Waals surface area contributed by atoms with Crippen molar-refractivity contribution < 1.29 is 14.3 Å². The van der Waals surface area contributed by atoms with Gasteiger partial charge >= 0.3 is 6.03 Å². The molecule has 2 amide bonds. The first-order valence-electron chi connectivity index (χ1n) is 8.84. The number of amides is 2. The Kier molecular flexibility index (Phi) is 5.35. The normalized spacial score (nSPS) is 13.2. The number of benzene rings is 2. The van der Waals surface area contributed by atoms with Crippen LogP contribution in [0.2, 0.25) is 0 Å². The van der Waals surface area contributed by atoms with Crippen LogP contribution in [0.3, 0.4) is 0 Å². The van der Waals surface area contributed by atoms with Crippen molar-refractivity contribution in [2.75, 3.05) is 20.8 Å². The molecule has 138 valence electrons. The van der Waals surface area contributed by atoms with E-state index in [9.17, 15) is 4.79 Å². The number of aryl methyl sites for hydroxylation is 2. The van der Waals surface area contributed by atoms with Crippen LogP contribution in [-0.4, -0.2) is 31.7 Å². The van der Waals surface area contributed by atoms with E-state index in [1.165, 1.54) is 16.7 Å². The van der Waals surface area contributed by atoms with E-state index in [1.807, 2.05) is 17.0 Å². The maximum absolute atomic E-state index is 12.6. The standard InChI is InChI=1S/C21H26N2O3/c1-14-5-6-17(15(2)9-14)12-22-21(24)23-8-7-16-10-19(25-3)20(26-4)11-18(16)13-23/h5-6,9-11H,7-8,12-13H2,1-4H3,(H,22,24). The van der Waals surface area contributed by atoms with Crippen molar-refractivity contribution in [3.05, 3.63) is 58.1 Å². The minimum Gasteiger partial charge on any atom is -0.493 e. The second-order valence-electron chi connectivity index (χ2n) is 6.74. The average Bonchev–Trinajstić information content (AvgIpc) is 2.65. The van der Waals surface area contributed by atoms with E-state index in [-0.39, 0.29) is 6.03 Å². The van der Waals surface area contributed by atoms with Crippen molar-refractivity contribution in [3.8, 4) is 11.5 Å². The molecule has 0 atom stereocenters. The molecule has 2 aromatic carbocycles. The molecular formula is C21H26N2O3. The van der Waals surface area contributed by atoms with Gasteiger partial charge in [-0.15, -0.1) is 0 Å². The first-order valence-corrected chi connectivity index (χ1v) is 8.84. The minimum atomic E-state index is -0.0367. The number of hydrogen-bond donors (Lipinski definition) is 1. The summed E-state index contributed by atoms with van der Waals surface area (Å²) in [5.41, 5.74) is 5.89. The molecule has 0 saturated heterocycles. The molecule has 5 heteroatoms. The fraction of sp³-hybridized carbons (Fsp3) is 0.381. The molecular weight excluding hydrogens is 328 g/mol. The number of methoxy groups -OCH3 is 2. The highest BCUT2D eigenvalue weighted by Crippen LogP contribution is 2.33. The summed E-state index contributed by atoms with van der Waals surface area (Å²) < 4.78 is 10.7. The van der Waals surface area contributed by atoms with E-state index in [4.69, 9.17) is 9.47 Å². The first kappa shape index (κ1) is 18.1. The van der Waals surface area contributed by atoms with Crippen LogP contribution in [0.4, 0.5) is 4.79 Å². The molecule has 26 heavy (non-hydrogen) atoms. The largest absolute Gasteiger partial charge is 0.493 e.